The van der Waals surface area contributed by atoms with Crippen LogP contribution in [0.1, 0.15) is 36.3 Å². The van der Waals surface area contributed by atoms with Crippen molar-refractivity contribution in [3.8, 4) is 0 Å². The molecule has 1 N–H and O–H groups in total. The van der Waals surface area contributed by atoms with Crippen LogP contribution in [-0.2, 0) is 0 Å². The highest BCUT2D eigenvalue weighted by molar-refractivity contribution is 5.27. The second-order valence-electron chi connectivity index (χ2n) is 4.52. The van der Waals surface area contributed by atoms with E-state index in [9.17, 15) is 4.39 Å². The normalized spacial score (nSPS) is 12.4. The van der Waals surface area contributed by atoms with E-state index in [4.69, 9.17) is 0 Å². The van der Waals surface area contributed by atoms with E-state index < -0.39 is 0 Å². The number of hydrogen-bond acceptors (Lipinski definition) is 3. The Morgan fingerprint density at radius 1 is 1.16 bits per heavy atom. The van der Waals surface area contributed by atoms with Gasteiger partial charge in [0.15, 0.2) is 0 Å². The first-order chi connectivity index (χ1) is 9.20. The fourth-order valence-electron chi connectivity index (χ4n) is 1.89. The van der Waals surface area contributed by atoms with Crippen LogP contribution in [0, 0.1) is 12.7 Å². The molecule has 0 saturated carbocycles. The second-order valence-corrected chi connectivity index (χ2v) is 4.52. The molecule has 2 aromatic rings. The summed E-state index contributed by atoms with van der Waals surface area (Å²) in [6.07, 6.45) is 4.54. The number of nitrogens with zero attached hydrogens (tertiary/aromatic N) is 2. The van der Waals surface area contributed by atoms with Gasteiger partial charge < -0.3 is 5.32 Å². The van der Waals surface area contributed by atoms with Crippen molar-refractivity contribution >= 4 is 0 Å². The molecule has 1 unspecified atom stereocenters. The van der Waals surface area contributed by atoms with Crippen LogP contribution in [0.25, 0.3) is 0 Å². The Balaban J connectivity index is 2.29. The lowest BCUT2D eigenvalue weighted by Crippen LogP contribution is -2.24. The van der Waals surface area contributed by atoms with Gasteiger partial charge in [0.25, 0.3) is 0 Å². The minimum atomic E-state index is -0.229. The van der Waals surface area contributed by atoms with Crippen molar-refractivity contribution in [3.05, 3.63) is 59.4 Å². The molecule has 0 amide bonds. The summed E-state index contributed by atoms with van der Waals surface area (Å²) in [5.41, 5.74) is 2.73. The van der Waals surface area contributed by atoms with E-state index in [1.807, 2.05) is 6.92 Å². The number of rotatable bonds is 5. The van der Waals surface area contributed by atoms with Crippen LogP contribution in [0.15, 0.2) is 36.7 Å². The molecule has 2 rings (SSSR count). The molecule has 3 nitrogen and oxygen atoms in total. The fourth-order valence-corrected chi connectivity index (χ4v) is 1.89. The van der Waals surface area contributed by atoms with Crippen LogP contribution in [0.2, 0.25) is 0 Å². The lowest BCUT2D eigenvalue weighted by Gasteiger charge is -2.18. The Bertz CT molecular complexity index is 462. The van der Waals surface area contributed by atoms with Crippen LogP contribution in [0.5, 0.6) is 0 Å². The number of nitrogens with one attached hydrogen (secondary N) is 1. The third kappa shape index (κ3) is 3.58. The minimum Gasteiger partial charge on any atom is -0.305 e. The zero-order valence-electron chi connectivity index (χ0n) is 11.2. The second kappa shape index (κ2) is 6.38. The first-order valence-corrected chi connectivity index (χ1v) is 6.48. The first kappa shape index (κ1) is 13.6. The minimum absolute atomic E-state index is 0.0475. The average molecular weight is 259 g/mol. The van der Waals surface area contributed by atoms with Crippen LogP contribution < -0.4 is 5.32 Å². The lowest BCUT2D eigenvalue weighted by molar-refractivity contribution is 0.580. The number of hydrogen-bond donors (Lipinski definition) is 1. The summed E-state index contributed by atoms with van der Waals surface area (Å²) >= 11 is 0. The predicted octanol–water partition coefficient (Wildman–Crippen LogP) is 3.01. The SMILES string of the molecule is CCCNC(c1ccc(F)cc1)c1cnc(C)cn1. The van der Waals surface area contributed by atoms with Crippen molar-refractivity contribution in [3.63, 3.8) is 0 Å². The highest BCUT2D eigenvalue weighted by atomic mass is 19.1. The van der Waals surface area contributed by atoms with Crippen molar-refractivity contribution in [1.82, 2.24) is 15.3 Å². The van der Waals surface area contributed by atoms with Gasteiger partial charge in [0.05, 0.1) is 23.6 Å². The van der Waals surface area contributed by atoms with Gasteiger partial charge in [-0.3, -0.25) is 9.97 Å². The summed E-state index contributed by atoms with van der Waals surface area (Å²) in [5.74, 6) is -0.229. The largest absolute Gasteiger partial charge is 0.305 e. The number of halogens is 1. The van der Waals surface area contributed by atoms with Crippen LogP contribution in [0.3, 0.4) is 0 Å². The average Bonchev–Trinajstić information content (AvgIpc) is 2.43. The van der Waals surface area contributed by atoms with Gasteiger partial charge in [0, 0.05) is 6.20 Å². The van der Waals surface area contributed by atoms with E-state index in [0.717, 1.165) is 29.9 Å². The predicted molar refractivity (Wildman–Crippen MR) is 73.3 cm³/mol. The molecule has 1 heterocycles. The molecule has 100 valence electrons. The summed E-state index contributed by atoms with van der Waals surface area (Å²) in [4.78, 5) is 8.69. The zero-order chi connectivity index (χ0) is 13.7. The summed E-state index contributed by atoms with van der Waals surface area (Å²) in [6.45, 7) is 4.89. The van der Waals surface area contributed by atoms with Gasteiger partial charge >= 0.3 is 0 Å². The molecule has 0 radical (unpaired) electrons. The smallest absolute Gasteiger partial charge is 0.123 e. The van der Waals surface area contributed by atoms with E-state index in [1.165, 1.54) is 12.1 Å². The molecule has 0 spiro atoms. The Morgan fingerprint density at radius 3 is 2.47 bits per heavy atom. The van der Waals surface area contributed by atoms with Gasteiger partial charge in [-0.2, -0.15) is 0 Å². The molecule has 0 saturated heterocycles. The molecule has 0 aliphatic carbocycles. The number of benzene rings is 1. The number of aryl methyl sites for hydroxylation is 1. The van der Waals surface area contributed by atoms with Crippen molar-refractivity contribution in [1.29, 1.82) is 0 Å². The molecule has 0 aliphatic heterocycles. The third-order valence-electron chi connectivity index (χ3n) is 2.90. The molecule has 1 aromatic heterocycles. The summed E-state index contributed by atoms with van der Waals surface area (Å²) < 4.78 is 13.0. The zero-order valence-corrected chi connectivity index (χ0v) is 11.2. The Kier molecular flexibility index (Phi) is 4.58. The van der Waals surface area contributed by atoms with Crippen molar-refractivity contribution in [2.75, 3.05) is 6.54 Å². The van der Waals surface area contributed by atoms with E-state index in [2.05, 4.69) is 22.2 Å². The van der Waals surface area contributed by atoms with E-state index in [-0.39, 0.29) is 11.9 Å². The van der Waals surface area contributed by atoms with Crippen LogP contribution in [0.4, 0.5) is 4.39 Å². The van der Waals surface area contributed by atoms with Crippen LogP contribution in [-0.4, -0.2) is 16.5 Å². The van der Waals surface area contributed by atoms with Gasteiger partial charge in [-0.15, -0.1) is 0 Å². The topological polar surface area (TPSA) is 37.8 Å². The Labute approximate surface area is 112 Å². The molecule has 19 heavy (non-hydrogen) atoms. The third-order valence-corrected chi connectivity index (χ3v) is 2.90. The standard InChI is InChI=1S/C15H18FN3/c1-3-8-17-15(12-4-6-13(16)7-5-12)14-10-18-11(2)9-19-14/h4-7,9-10,15,17H,3,8H2,1-2H3. The van der Waals surface area contributed by atoms with Gasteiger partial charge in [-0.1, -0.05) is 19.1 Å². The van der Waals surface area contributed by atoms with E-state index >= 15 is 0 Å². The van der Waals surface area contributed by atoms with Crippen molar-refractivity contribution < 1.29 is 4.39 Å². The van der Waals surface area contributed by atoms with Gasteiger partial charge in [-0.05, 0) is 37.6 Å². The van der Waals surface area contributed by atoms with Crippen LogP contribution >= 0.6 is 0 Å². The van der Waals surface area contributed by atoms with Crippen molar-refractivity contribution in [2.24, 2.45) is 0 Å². The van der Waals surface area contributed by atoms with Gasteiger partial charge in [-0.25, -0.2) is 4.39 Å². The maximum Gasteiger partial charge on any atom is 0.123 e. The molecule has 0 bridgehead atoms. The number of aromatic nitrogens is 2. The Morgan fingerprint density at radius 2 is 1.89 bits per heavy atom. The fraction of sp³-hybridized carbons (Fsp3) is 0.333. The lowest BCUT2D eigenvalue weighted by atomic mass is 10.0. The molecule has 1 atom stereocenters. The molecular formula is C15H18FN3. The maximum atomic E-state index is 13.0. The quantitative estimate of drug-likeness (QED) is 0.897. The van der Waals surface area contributed by atoms with Gasteiger partial charge in [0.2, 0.25) is 0 Å². The highest BCUT2D eigenvalue weighted by Gasteiger charge is 2.14. The Hall–Kier alpha value is -1.81. The molecule has 1 aromatic carbocycles. The summed E-state index contributed by atoms with van der Waals surface area (Å²) in [6, 6.07) is 6.46. The molecule has 0 aliphatic rings. The summed E-state index contributed by atoms with van der Waals surface area (Å²) in [5, 5.41) is 3.42. The summed E-state index contributed by atoms with van der Waals surface area (Å²) in [7, 11) is 0. The van der Waals surface area contributed by atoms with E-state index in [1.54, 1.807) is 24.5 Å². The van der Waals surface area contributed by atoms with Gasteiger partial charge in [0.1, 0.15) is 5.82 Å². The van der Waals surface area contributed by atoms with E-state index in [0.29, 0.717) is 0 Å². The first-order valence-electron chi connectivity index (χ1n) is 6.48. The molecule has 0 fully saturated rings. The molecular weight excluding hydrogens is 241 g/mol. The molecule has 4 heteroatoms. The highest BCUT2D eigenvalue weighted by Crippen LogP contribution is 2.20. The maximum absolute atomic E-state index is 13.0. The monoisotopic (exact) mass is 259 g/mol. The van der Waals surface area contributed by atoms with Crippen molar-refractivity contribution in [2.45, 2.75) is 26.3 Å².